The van der Waals surface area contributed by atoms with Crippen molar-refractivity contribution in [2.24, 2.45) is 0 Å². The van der Waals surface area contributed by atoms with Crippen LogP contribution in [-0.4, -0.2) is 29.1 Å². The first-order chi connectivity index (χ1) is 16.2. The zero-order valence-electron chi connectivity index (χ0n) is 19.1. The average Bonchev–Trinajstić information content (AvgIpc) is 2.85. The molecule has 168 valence electrons. The fourth-order valence-electron chi connectivity index (χ4n) is 4.46. The van der Waals surface area contributed by atoms with Gasteiger partial charge in [-0.25, -0.2) is 0 Å². The van der Waals surface area contributed by atoms with E-state index in [1.165, 1.54) is 11.1 Å². The molecule has 1 fully saturated rings. The summed E-state index contributed by atoms with van der Waals surface area (Å²) in [4.78, 5) is 7.13. The highest BCUT2D eigenvalue weighted by molar-refractivity contribution is 5.85. The van der Waals surface area contributed by atoms with Crippen molar-refractivity contribution in [3.05, 3.63) is 102 Å². The number of nitrogens with zero attached hydrogens (tertiary/aromatic N) is 2. The van der Waals surface area contributed by atoms with Gasteiger partial charge in [0.2, 0.25) is 0 Å². The Hall–Kier alpha value is -3.37. The summed E-state index contributed by atoms with van der Waals surface area (Å²) >= 11 is 0. The lowest BCUT2D eigenvalue weighted by Crippen LogP contribution is -2.37. The van der Waals surface area contributed by atoms with E-state index in [1.807, 2.05) is 43.3 Å². The molecule has 4 nitrogen and oxygen atoms in total. The second-order valence-electron chi connectivity index (χ2n) is 8.79. The molecular weight excluding hydrogens is 408 g/mol. The number of fused-ring (bicyclic) bond motifs is 1. The highest BCUT2D eigenvalue weighted by Gasteiger charge is 2.21. The maximum Gasteiger partial charge on any atom is 0.130 e. The number of para-hydroxylation sites is 1. The Morgan fingerprint density at radius 1 is 0.848 bits per heavy atom. The summed E-state index contributed by atoms with van der Waals surface area (Å²) in [5.41, 5.74) is 4.47. The van der Waals surface area contributed by atoms with Gasteiger partial charge in [0.25, 0.3) is 0 Å². The van der Waals surface area contributed by atoms with Crippen molar-refractivity contribution in [3.63, 3.8) is 0 Å². The number of aromatic nitrogens is 1. The first-order valence-electron chi connectivity index (χ1n) is 11.7. The summed E-state index contributed by atoms with van der Waals surface area (Å²) in [5, 5.41) is 1.10. The Labute approximate surface area is 195 Å². The van der Waals surface area contributed by atoms with E-state index in [4.69, 9.17) is 9.47 Å². The highest BCUT2D eigenvalue weighted by Crippen LogP contribution is 2.28. The molecule has 0 unspecified atom stereocenters. The molecule has 1 saturated heterocycles. The van der Waals surface area contributed by atoms with Crippen molar-refractivity contribution >= 4 is 10.9 Å². The predicted molar refractivity (Wildman–Crippen MR) is 133 cm³/mol. The van der Waals surface area contributed by atoms with Crippen LogP contribution in [0.25, 0.3) is 10.9 Å². The second kappa shape index (κ2) is 10.1. The lowest BCUT2D eigenvalue weighted by molar-refractivity contribution is 0.0978. The second-order valence-corrected chi connectivity index (χ2v) is 8.79. The standard InChI is InChI=1S/C29H30N2O2/c1-22-18-29(27-12-5-6-13-28(27)30-22)33-25-14-16-31(17-15-25)20-24-10-7-11-26(19-24)32-21-23-8-3-2-4-9-23/h2-13,18-19,25H,14-17,20-21H2,1H3. The normalized spacial score (nSPS) is 14.9. The molecule has 0 spiro atoms. The molecule has 0 amide bonds. The molecule has 0 saturated carbocycles. The van der Waals surface area contributed by atoms with E-state index < -0.39 is 0 Å². The van der Waals surface area contributed by atoms with E-state index in [9.17, 15) is 0 Å². The Kier molecular flexibility index (Phi) is 6.54. The summed E-state index contributed by atoms with van der Waals surface area (Å²) in [6.07, 6.45) is 2.30. The van der Waals surface area contributed by atoms with Gasteiger partial charge in [0.15, 0.2) is 0 Å². The van der Waals surface area contributed by atoms with Crippen molar-refractivity contribution in [3.8, 4) is 11.5 Å². The fraction of sp³-hybridized carbons (Fsp3) is 0.276. The van der Waals surface area contributed by atoms with Crippen molar-refractivity contribution in [2.45, 2.75) is 39.0 Å². The fourth-order valence-corrected chi connectivity index (χ4v) is 4.46. The summed E-state index contributed by atoms with van der Waals surface area (Å²) in [5.74, 6) is 1.88. The third-order valence-electron chi connectivity index (χ3n) is 6.19. The number of pyridine rings is 1. The minimum Gasteiger partial charge on any atom is -0.490 e. The number of piperidine rings is 1. The van der Waals surface area contributed by atoms with Gasteiger partial charge in [-0.2, -0.15) is 0 Å². The van der Waals surface area contributed by atoms with Gasteiger partial charge >= 0.3 is 0 Å². The van der Waals surface area contributed by atoms with E-state index in [1.54, 1.807) is 0 Å². The molecule has 4 aromatic rings. The smallest absolute Gasteiger partial charge is 0.130 e. The van der Waals surface area contributed by atoms with Crippen molar-refractivity contribution in [1.82, 2.24) is 9.88 Å². The van der Waals surface area contributed by atoms with E-state index >= 15 is 0 Å². The van der Waals surface area contributed by atoms with Gasteiger partial charge in [0, 0.05) is 36.8 Å². The third kappa shape index (κ3) is 5.52. The quantitative estimate of drug-likeness (QED) is 0.346. The number of aryl methyl sites for hydroxylation is 1. The SMILES string of the molecule is Cc1cc(OC2CCN(Cc3cccc(OCc4ccccc4)c3)CC2)c2ccccc2n1. The molecule has 1 aliphatic rings. The first-order valence-corrected chi connectivity index (χ1v) is 11.7. The number of ether oxygens (including phenoxy) is 2. The maximum absolute atomic E-state index is 6.45. The number of benzene rings is 3. The average molecular weight is 439 g/mol. The van der Waals surface area contributed by atoms with Crippen LogP contribution in [0.2, 0.25) is 0 Å². The zero-order valence-corrected chi connectivity index (χ0v) is 19.1. The molecule has 0 atom stereocenters. The minimum absolute atomic E-state index is 0.243. The Morgan fingerprint density at radius 3 is 2.45 bits per heavy atom. The Bertz CT molecular complexity index is 1200. The molecule has 1 aromatic heterocycles. The van der Waals surface area contributed by atoms with Gasteiger partial charge in [-0.1, -0.05) is 54.6 Å². The third-order valence-corrected chi connectivity index (χ3v) is 6.19. The summed E-state index contributed by atoms with van der Waals surface area (Å²) in [6, 6.07) is 29.0. The lowest BCUT2D eigenvalue weighted by atomic mass is 10.1. The number of likely N-dealkylation sites (tertiary alicyclic amines) is 1. The molecule has 2 heterocycles. The molecule has 5 rings (SSSR count). The van der Waals surface area contributed by atoms with Crippen LogP contribution in [0.3, 0.4) is 0 Å². The van der Waals surface area contributed by atoms with Gasteiger partial charge in [-0.15, -0.1) is 0 Å². The van der Waals surface area contributed by atoms with Crippen molar-refractivity contribution in [1.29, 1.82) is 0 Å². The molecule has 3 aromatic carbocycles. The number of rotatable bonds is 7. The predicted octanol–water partition coefficient (Wildman–Crippen LogP) is 6.17. The zero-order chi connectivity index (χ0) is 22.5. The largest absolute Gasteiger partial charge is 0.490 e. The monoisotopic (exact) mass is 438 g/mol. The highest BCUT2D eigenvalue weighted by atomic mass is 16.5. The maximum atomic E-state index is 6.45. The van der Waals surface area contributed by atoms with Crippen molar-refractivity contribution < 1.29 is 9.47 Å². The van der Waals surface area contributed by atoms with Crippen LogP contribution in [0, 0.1) is 6.92 Å². The summed E-state index contributed by atoms with van der Waals surface area (Å²) < 4.78 is 12.5. The van der Waals surface area contributed by atoms with Gasteiger partial charge in [0.1, 0.15) is 24.2 Å². The molecule has 0 radical (unpaired) electrons. The first kappa shape index (κ1) is 21.5. The van der Waals surface area contributed by atoms with Gasteiger partial charge in [-0.3, -0.25) is 9.88 Å². The lowest BCUT2D eigenvalue weighted by Gasteiger charge is -2.32. The summed E-state index contributed by atoms with van der Waals surface area (Å²) in [6.45, 7) is 5.62. The van der Waals surface area contributed by atoms with Crippen molar-refractivity contribution in [2.75, 3.05) is 13.1 Å². The molecule has 1 aliphatic heterocycles. The molecule has 33 heavy (non-hydrogen) atoms. The van der Waals surface area contributed by atoms with Crippen LogP contribution in [0.5, 0.6) is 11.5 Å². The van der Waals surface area contributed by atoms with Gasteiger partial charge < -0.3 is 9.47 Å². The van der Waals surface area contributed by atoms with Gasteiger partial charge in [0.05, 0.1) is 5.52 Å². The summed E-state index contributed by atoms with van der Waals surface area (Å²) in [7, 11) is 0. The van der Waals surface area contributed by atoms with Crippen LogP contribution in [-0.2, 0) is 13.2 Å². The number of hydrogen-bond donors (Lipinski definition) is 0. The molecular formula is C29H30N2O2. The van der Waals surface area contributed by atoms with Crippen LogP contribution < -0.4 is 9.47 Å². The van der Waals surface area contributed by atoms with E-state index in [0.717, 1.165) is 60.6 Å². The van der Waals surface area contributed by atoms with Gasteiger partial charge in [-0.05, 0) is 55.2 Å². The van der Waals surface area contributed by atoms with Crippen LogP contribution in [0.15, 0.2) is 84.9 Å². The molecule has 0 bridgehead atoms. The minimum atomic E-state index is 0.243. The Morgan fingerprint density at radius 2 is 1.61 bits per heavy atom. The van der Waals surface area contributed by atoms with E-state index in [0.29, 0.717) is 6.61 Å². The Balaban J connectivity index is 1.15. The molecule has 0 aliphatic carbocycles. The molecule has 0 N–H and O–H groups in total. The van der Waals surface area contributed by atoms with E-state index in [2.05, 4.69) is 58.4 Å². The molecule has 4 heteroatoms. The number of hydrogen-bond acceptors (Lipinski definition) is 4. The topological polar surface area (TPSA) is 34.6 Å². The van der Waals surface area contributed by atoms with Crippen LogP contribution in [0.1, 0.15) is 29.7 Å². The van der Waals surface area contributed by atoms with Crippen LogP contribution in [0.4, 0.5) is 0 Å². The van der Waals surface area contributed by atoms with Crippen LogP contribution >= 0.6 is 0 Å². The van der Waals surface area contributed by atoms with E-state index in [-0.39, 0.29) is 6.10 Å².